The van der Waals surface area contributed by atoms with E-state index in [1.54, 1.807) is 12.1 Å². The van der Waals surface area contributed by atoms with Gasteiger partial charge in [-0.15, -0.1) is 0 Å². The summed E-state index contributed by atoms with van der Waals surface area (Å²) in [7, 11) is -0.672. The fraction of sp³-hybridized carbons (Fsp3) is 0.316. The summed E-state index contributed by atoms with van der Waals surface area (Å²) in [5, 5.41) is 2.74. The lowest BCUT2D eigenvalue weighted by molar-refractivity contribution is 0.0946. The molecule has 140 valence electrons. The molecule has 7 heteroatoms. The van der Waals surface area contributed by atoms with E-state index in [0.717, 1.165) is 21.2 Å². The highest BCUT2D eigenvalue weighted by atomic mass is 32.2. The second kappa shape index (κ2) is 8.33. The highest BCUT2D eigenvalue weighted by Gasteiger charge is 2.18. The third kappa shape index (κ3) is 4.62. The fourth-order valence-corrected chi connectivity index (χ4v) is 3.26. The van der Waals surface area contributed by atoms with Gasteiger partial charge < -0.3 is 10.1 Å². The van der Waals surface area contributed by atoms with Crippen molar-refractivity contribution < 1.29 is 17.9 Å². The molecule has 0 aliphatic carbocycles. The monoisotopic (exact) mass is 376 g/mol. The molecule has 0 aliphatic rings. The summed E-state index contributed by atoms with van der Waals surface area (Å²) in [5.74, 6) is 0.448. The first-order valence-electron chi connectivity index (χ1n) is 8.23. The van der Waals surface area contributed by atoms with Gasteiger partial charge >= 0.3 is 0 Å². The van der Waals surface area contributed by atoms with Gasteiger partial charge in [0.2, 0.25) is 10.0 Å². The smallest absolute Gasteiger partial charge is 0.251 e. The quantitative estimate of drug-likeness (QED) is 0.753. The van der Waals surface area contributed by atoms with E-state index in [4.69, 9.17) is 4.74 Å². The zero-order valence-electron chi connectivity index (χ0n) is 15.4. The number of benzene rings is 2. The standard InChI is InChI=1S/C19H24N2O4S/c1-14-7-5-10-18(15(14)2)25-12-11-20-19(22)16-8-6-9-17(13-16)26(23,24)21(3)4/h5-10,13H,11-12H2,1-4H3,(H,20,22). The number of ether oxygens (including phenoxy) is 1. The molecule has 0 atom stereocenters. The van der Waals surface area contributed by atoms with E-state index >= 15 is 0 Å². The Morgan fingerprint density at radius 3 is 2.50 bits per heavy atom. The minimum atomic E-state index is -3.57. The van der Waals surface area contributed by atoms with Crippen LogP contribution in [0.1, 0.15) is 21.5 Å². The molecular formula is C19H24N2O4S. The van der Waals surface area contributed by atoms with Gasteiger partial charge in [-0.2, -0.15) is 0 Å². The zero-order chi connectivity index (χ0) is 19.3. The highest BCUT2D eigenvalue weighted by Crippen LogP contribution is 2.20. The molecule has 26 heavy (non-hydrogen) atoms. The minimum Gasteiger partial charge on any atom is -0.491 e. The number of carbonyl (C=O) groups is 1. The molecule has 0 aliphatic heterocycles. The molecule has 0 spiro atoms. The van der Waals surface area contributed by atoms with E-state index in [2.05, 4.69) is 5.32 Å². The maximum Gasteiger partial charge on any atom is 0.251 e. The molecule has 1 N–H and O–H groups in total. The molecule has 0 saturated carbocycles. The Hall–Kier alpha value is -2.38. The summed E-state index contributed by atoms with van der Waals surface area (Å²) in [4.78, 5) is 12.3. The number of nitrogens with zero attached hydrogens (tertiary/aromatic N) is 1. The SMILES string of the molecule is Cc1cccc(OCCNC(=O)c2cccc(S(=O)(=O)N(C)C)c2)c1C. The Labute approximate surface area is 154 Å². The van der Waals surface area contributed by atoms with Crippen molar-refractivity contribution in [2.75, 3.05) is 27.2 Å². The Balaban J connectivity index is 1.95. The normalized spacial score (nSPS) is 11.4. The summed E-state index contributed by atoms with van der Waals surface area (Å²) < 4.78 is 31.1. The summed E-state index contributed by atoms with van der Waals surface area (Å²) in [6, 6.07) is 11.8. The maximum absolute atomic E-state index is 12.3. The van der Waals surface area contributed by atoms with Crippen molar-refractivity contribution in [2.45, 2.75) is 18.7 Å². The van der Waals surface area contributed by atoms with E-state index in [1.165, 1.54) is 26.2 Å². The number of hydrogen-bond donors (Lipinski definition) is 1. The molecule has 0 radical (unpaired) electrons. The van der Waals surface area contributed by atoms with E-state index in [-0.39, 0.29) is 10.8 Å². The molecule has 0 saturated heterocycles. The topological polar surface area (TPSA) is 75.7 Å². The largest absolute Gasteiger partial charge is 0.491 e. The Bertz CT molecular complexity index is 892. The lowest BCUT2D eigenvalue weighted by atomic mass is 10.1. The minimum absolute atomic E-state index is 0.0850. The lowest BCUT2D eigenvalue weighted by Gasteiger charge is -2.13. The predicted octanol–water partition coefficient (Wildman–Crippen LogP) is 2.36. The summed E-state index contributed by atoms with van der Waals surface area (Å²) in [5.41, 5.74) is 2.51. The summed E-state index contributed by atoms with van der Waals surface area (Å²) in [6.45, 7) is 4.64. The average molecular weight is 376 g/mol. The van der Waals surface area contributed by atoms with Crippen LogP contribution >= 0.6 is 0 Å². The van der Waals surface area contributed by atoms with Gasteiger partial charge in [0.1, 0.15) is 12.4 Å². The first kappa shape index (κ1) is 19.9. The van der Waals surface area contributed by atoms with Crippen molar-refractivity contribution in [3.8, 4) is 5.75 Å². The van der Waals surface area contributed by atoms with Gasteiger partial charge in [0.25, 0.3) is 5.91 Å². The van der Waals surface area contributed by atoms with E-state index < -0.39 is 10.0 Å². The highest BCUT2D eigenvalue weighted by molar-refractivity contribution is 7.89. The number of hydrogen-bond acceptors (Lipinski definition) is 4. The van der Waals surface area contributed by atoms with Crippen LogP contribution in [0.25, 0.3) is 0 Å². The Morgan fingerprint density at radius 2 is 1.81 bits per heavy atom. The van der Waals surface area contributed by atoms with Crippen LogP contribution in [-0.4, -0.2) is 45.9 Å². The lowest BCUT2D eigenvalue weighted by Crippen LogP contribution is -2.28. The van der Waals surface area contributed by atoms with Crippen LogP contribution in [0.4, 0.5) is 0 Å². The van der Waals surface area contributed by atoms with E-state index in [0.29, 0.717) is 18.7 Å². The maximum atomic E-state index is 12.3. The number of aryl methyl sites for hydroxylation is 1. The number of carbonyl (C=O) groups excluding carboxylic acids is 1. The van der Waals surface area contributed by atoms with E-state index in [1.807, 2.05) is 32.0 Å². The number of rotatable bonds is 7. The predicted molar refractivity (Wildman–Crippen MR) is 101 cm³/mol. The molecule has 0 bridgehead atoms. The molecule has 0 aromatic heterocycles. The molecule has 2 rings (SSSR count). The molecular weight excluding hydrogens is 352 g/mol. The van der Waals surface area contributed by atoms with Crippen LogP contribution in [-0.2, 0) is 10.0 Å². The van der Waals surface area contributed by atoms with Crippen LogP contribution in [0.5, 0.6) is 5.75 Å². The third-order valence-corrected chi connectivity index (χ3v) is 5.89. The van der Waals surface area contributed by atoms with Crippen molar-refractivity contribution in [3.05, 3.63) is 59.2 Å². The molecule has 1 amide bonds. The molecule has 2 aromatic carbocycles. The average Bonchev–Trinajstić information content (AvgIpc) is 2.61. The number of sulfonamides is 1. The summed E-state index contributed by atoms with van der Waals surface area (Å²) in [6.07, 6.45) is 0. The molecule has 2 aromatic rings. The molecule has 0 fully saturated rings. The van der Waals surface area contributed by atoms with Crippen molar-refractivity contribution in [1.29, 1.82) is 0 Å². The summed E-state index contributed by atoms with van der Waals surface area (Å²) >= 11 is 0. The van der Waals surface area contributed by atoms with Crippen molar-refractivity contribution in [1.82, 2.24) is 9.62 Å². The van der Waals surface area contributed by atoms with Crippen LogP contribution in [0.15, 0.2) is 47.4 Å². The third-order valence-electron chi connectivity index (χ3n) is 4.07. The van der Waals surface area contributed by atoms with Crippen molar-refractivity contribution in [2.24, 2.45) is 0 Å². The first-order valence-corrected chi connectivity index (χ1v) is 9.67. The zero-order valence-corrected chi connectivity index (χ0v) is 16.3. The van der Waals surface area contributed by atoms with Crippen LogP contribution in [0, 0.1) is 13.8 Å². The molecule has 0 unspecified atom stereocenters. The van der Waals surface area contributed by atoms with E-state index in [9.17, 15) is 13.2 Å². The Morgan fingerprint density at radius 1 is 1.12 bits per heavy atom. The van der Waals surface area contributed by atoms with Crippen molar-refractivity contribution >= 4 is 15.9 Å². The van der Waals surface area contributed by atoms with Gasteiger partial charge in [-0.1, -0.05) is 18.2 Å². The van der Waals surface area contributed by atoms with Crippen LogP contribution < -0.4 is 10.1 Å². The van der Waals surface area contributed by atoms with Crippen LogP contribution in [0.2, 0.25) is 0 Å². The van der Waals surface area contributed by atoms with Gasteiger partial charge in [0.05, 0.1) is 11.4 Å². The van der Waals surface area contributed by atoms with Crippen LogP contribution in [0.3, 0.4) is 0 Å². The molecule has 0 heterocycles. The van der Waals surface area contributed by atoms with Gasteiger partial charge in [0.15, 0.2) is 0 Å². The first-order chi connectivity index (χ1) is 12.2. The number of amides is 1. The fourth-order valence-electron chi connectivity index (χ4n) is 2.32. The van der Waals surface area contributed by atoms with Gasteiger partial charge in [0, 0.05) is 19.7 Å². The van der Waals surface area contributed by atoms with Gasteiger partial charge in [-0.05, 0) is 49.2 Å². The second-order valence-electron chi connectivity index (χ2n) is 6.12. The van der Waals surface area contributed by atoms with Crippen molar-refractivity contribution in [3.63, 3.8) is 0 Å². The van der Waals surface area contributed by atoms with Gasteiger partial charge in [-0.25, -0.2) is 12.7 Å². The number of nitrogens with one attached hydrogen (secondary N) is 1. The molecule has 6 nitrogen and oxygen atoms in total. The Kier molecular flexibility index (Phi) is 6.39. The second-order valence-corrected chi connectivity index (χ2v) is 8.27. The van der Waals surface area contributed by atoms with Gasteiger partial charge in [-0.3, -0.25) is 4.79 Å².